The summed E-state index contributed by atoms with van der Waals surface area (Å²) in [6, 6.07) is 22.7. The zero-order chi connectivity index (χ0) is 23.2. The second-order valence-corrected chi connectivity index (χ2v) is 8.27. The van der Waals surface area contributed by atoms with Crippen LogP contribution in [-0.4, -0.2) is 54.9 Å². The van der Waals surface area contributed by atoms with Crippen molar-refractivity contribution in [3.05, 3.63) is 95.1 Å². The third-order valence-electron chi connectivity index (χ3n) is 5.99. The number of benzene rings is 3. The lowest BCUT2D eigenvalue weighted by Gasteiger charge is -2.35. The SMILES string of the molecule is COc1ccc(CN2CCN(C(=O)c3ccc(C)c(NC(=O)c4ccccc4)c3)CC2)cc1. The van der Waals surface area contributed by atoms with Crippen molar-refractivity contribution in [3.8, 4) is 5.75 Å². The smallest absolute Gasteiger partial charge is 0.255 e. The van der Waals surface area contributed by atoms with E-state index in [1.165, 1.54) is 5.56 Å². The topological polar surface area (TPSA) is 61.9 Å². The van der Waals surface area contributed by atoms with Crippen LogP contribution in [-0.2, 0) is 6.54 Å². The van der Waals surface area contributed by atoms with E-state index in [-0.39, 0.29) is 11.8 Å². The lowest BCUT2D eigenvalue weighted by atomic mass is 10.1. The summed E-state index contributed by atoms with van der Waals surface area (Å²) in [6.07, 6.45) is 0. The van der Waals surface area contributed by atoms with Crippen LogP contribution in [0, 0.1) is 6.92 Å². The normalized spacial score (nSPS) is 14.1. The summed E-state index contributed by atoms with van der Waals surface area (Å²) in [5.74, 6) is 0.663. The quantitative estimate of drug-likeness (QED) is 0.620. The number of rotatable bonds is 6. The van der Waals surface area contributed by atoms with E-state index in [9.17, 15) is 9.59 Å². The van der Waals surface area contributed by atoms with Crippen LogP contribution in [0.25, 0.3) is 0 Å². The Balaban J connectivity index is 1.36. The fraction of sp³-hybridized carbons (Fsp3) is 0.259. The summed E-state index contributed by atoms with van der Waals surface area (Å²) < 4.78 is 5.22. The van der Waals surface area contributed by atoms with Crippen LogP contribution in [0.2, 0.25) is 0 Å². The first-order valence-corrected chi connectivity index (χ1v) is 11.1. The molecule has 1 fully saturated rings. The fourth-order valence-electron chi connectivity index (χ4n) is 3.95. The summed E-state index contributed by atoms with van der Waals surface area (Å²) in [5, 5.41) is 2.94. The molecule has 6 nitrogen and oxygen atoms in total. The molecule has 0 bridgehead atoms. The second kappa shape index (κ2) is 10.3. The minimum Gasteiger partial charge on any atom is -0.497 e. The van der Waals surface area contributed by atoms with E-state index in [1.807, 2.05) is 54.3 Å². The molecule has 0 atom stereocenters. The van der Waals surface area contributed by atoms with E-state index in [0.717, 1.165) is 30.9 Å². The fourth-order valence-corrected chi connectivity index (χ4v) is 3.95. The molecule has 0 unspecified atom stereocenters. The number of hydrogen-bond donors (Lipinski definition) is 1. The highest BCUT2D eigenvalue weighted by Crippen LogP contribution is 2.20. The molecule has 33 heavy (non-hydrogen) atoms. The largest absolute Gasteiger partial charge is 0.497 e. The highest BCUT2D eigenvalue weighted by Gasteiger charge is 2.23. The van der Waals surface area contributed by atoms with Crippen molar-refractivity contribution in [2.45, 2.75) is 13.5 Å². The van der Waals surface area contributed by atoms with Gasteiger partial charge in [-0.25, -0.2) is 0 Å². The highest BCUT2D eigenvalue weighted by atomic mass is 16.5. The molecule has 0 aromatic heterocycles. The summed E-state index contributed by atoms with van der Waals surface area (Å²) in [7, 11) is 1.67. The van der Waals surface area contributed by atoms with Gasteiger partial charge in [0, 0.05) is 49.5 Å². The first-order valence-electron chi connectivity index (χ1n) is 11.1. The first kappa shape index (κ1) is 22.6. The van der Waals surface area contributed by atoms with E-state index in [2.05, 4.69) is 22.3 Å². The van der Waals surface area contributed by atoms with E-state index >= 15 is 0 Å². The van der Waals surface area contributed by atoms with Gasteiger partial charge in [-0.05, 0) is 54.4 Å². The summed E-state index contributed by atoms with van der Waals surface area (Å²) in [5.41, 5.74) is 3.98. The average molecular weight is 444 g/mol. The van der Waals surface area contributed by atoms with Gasteiger partial charge in [-0.1, -0.05) is 36.4 Å². The van der Waals surface area contributed by atoms with Crippen LogP contribution in [0.4, 0.5) is 5.69 Å². The number of nitrogens with one attached hydrogen (secondary N) is 1. The lowest BCUT2D eigenvalue weighted by molar-refractivity contribution is 0.0628. The van der Waals surface area contributed by atoms with Gasteiger partial charge in [-0.15, -0.1) is 0 Å². The van der Waals surface area contributed by atoms with Gasteiger partial charge in [0.2, 0.25) is 0 Å². The Kier molecular flexibility index (Phi) is 7.05. The van der Waals surface area contributed by atoms with Crippen LogP contribution >= 0.6 is 0 Å². The Morgan fingerprint density at radius 3 is 2.24 bits per heavy atom. The maximum Gasteiger partial charge on any atom is 0.255 e. The number of ether oxygens (including phenoxy) is 1. The molecule has 6 heteroatoms. The third-order valence-corrected chi connectivity index (χ3v) is 5.99. The Labute approximate surface area is 194 Å². The van der Waals surface area contributed by atoms with E-state index in [4.69, 9.17) is 4.74 Å². The summed E-state index contributed by atoms with van der Waals surface area (Å²) in [4.78, 5) is 29.9. The van der Waals surface area contributed by atoms with Crippen LogP contribution < -0.4 is 10.1 Å². The van der Waals surface area contributed by atoms with Crippen LogP contribution in [0.15, 0.2) is 72.8 Å². The predicted octanol–water partition coefficient (Wildman–Crippen LogP) is 4.21. The molecule has 0 saturated carbocycles. The molecule has 1 aliphatic heterocycles. The molecule has 1 N–H and O–H groups in total. The molecule has 1 saturated heterocycles. The molecular weight excluding hydrogens is 414 g/mol. The number of aryl methyl sites for hydroxylation is 1. The molecule has 3 aromatic rings. The Hall–Kier alpha value is -3.64. The maximum absolute atomic E-state index is 13.1. The number of methoxy groups -OCH3 is 1. The first-order chi connectivity index (χ1) is 16.0. The van der Waals surface area contributed by atoms with E-state index in [1.54, 1.807) is 25.3 Å². The number of amides is 2. The van der Waals surface area contributed by atoms with Gasteiger partial charge in [0.25, 0.3) is 11.8 Å². The molecule has 170 valence electrons. The van der Waals surface area contributed by atoms with Gasteiger partial charge < -0.3 is 15.0 Å². The molecule has 2 amide bonds. The van der Waals surface area contributed by atoms with Crippen LogP contribution in [0.3, 0.4) is 0 Å². The Bertz CT molecular complexity index is 1110. The molecule has 0 aliphatic carbocycles. The van der Waals surface area contributed by atoms with Crippen molar-refractivity contribution < 1.29 is 14.3 Å². The van der Waals surface area contributed by atoms with Gasteiger partial charge in [-0.2, -0.15) is 0 Å². The van der Waals surface area contributed by atoms with Crippen molar-refractivity contribution in [2.75, 3.05) is 38.6 Å². The molecule has 4 rings (SSSR count). The standard InChI is InChI=1S/C27H29N3O3/c1-20-8-11-23(18-25(20)28-26(31)22-6-4-3-5-7-22)27(32)30-16-14-29(15-17-30)19-21-9-12-24(33-2)13-10-21/h3-13,18H,14-17,19H2,1-2H3,(H,28,31). The number of carbonyl (C=O) groups is 2. The van der Waals surface area contributed by atoms with E-state index in [0.29, 0.717) is 29.9 Å². The number of hydrogen-bond acceptors (Lipinski definition) is 4. The molecular formula is C27H29N3O3. The van der Waals surface area contributed by atoms with Crippen molar-refractivity contribution in [1.82, 2.24) is 9.80 Å². The van der Waals surface area contributed by atoms with E-state index < -0.39 is 0 Å². The van der Waals surface area contributed by atoms with Gasteiger partial charge in [-0.3, -0.25) is 14.5 Å². The van der Waals surface area contributed by atoms with Crippen molar-refractivity contribution in [2.24, 2.45) is 0 Å². The predicted molar refractivity (Wildman–Crippen MR) is 130 cm³/mol. The van der Waals surface area contributed by atoms with Gasteiger partial charge in [0.1, 0.15) is 5.75 Å². The monoisotopic (exact) mass is 443 g/mol. The van der Waals surface area contributed by atoms with Gasteiger partial charge in [0.15, 0.2) is 0 Å². The van der Waals surface area contributed by atoms with Crippen molar-refractivity contribution >= 4 is 17.5 Å². The lowest BCUT2D eigenvalue weighted by Crippen LogP contribution is -2.48. The number of carbonyl (C=O) groups excluding carboxylic acids is 2. The Morgan fingerprint density at radius 2 is 1.58 bits per heavy atom. The number of anilines is 1. The zero-order valence-corrected chi connectivity index (χ0v) is 19.1. The molecule has 0 radical (unpaired) electrons. The maximum atomic E-state index is 13.1. The third kappa shape index (κ3) is 5.59. The van der Waals surface area contributed by atoms with Gasteiger partial charge in [0.05, 0.1) is 7.11 Å². The number of piperazine rings is 1. The highest BCUT2D eigenvalue weighted by molar-refractivity contribution is 6.05. The molecule has 3 aromatic carbocycles. The average Bonchev–Trinajstić information content (AvgIpc) is 2.86. The second-order valence-electron chi connectivity index (χ2n) is 8.27. The molecule has 1 aliphatic rings. The summed E-state index contributed by atoms with van der Waals surface area (Å²) in [6.45, 7) is 5.77. The van der Waals surface area contributed by atoms with Crippen molar-refractivity contribution in [3.63, 3.8) is 0 Å². The molecule has 0 spiro atoms. The summed E-state index contributed by atoms with van der Waals surface area (Å²) >= 11 is 0. The number of nitrogens with zero attached hydrogens (tertiary/aromatic N) is 2. The minimum absolute atomic E-state index is 0.00527. The zero-order valence-electron chi connectivity index (χ0n) is 19.1. The van der Waals surface area contributed by atoms with Crippen LogP contribution in [0.5, 0.6) is 5.75 Å². The minimum atomic E-state index is -0.185. The van der Waals surface area contributed by atoms with Crippen LogP contribution in [0.1, 0.15) is 31.8 Å². The molecule has 1 heterocycles. The Morgan fingerprint density at radius 1 is 0.879 bits per heavy atom. The van der Waals surface area contributed by atoms with Gasteiger partial charge >= 0.3 is 0 Å². The van der Waals surface area contributed by atoms with Crippen molar-refractivity contribution in [1.29, 1.82) is 0 Å².